The highest BCUT2D eigenvalue weighted by atomic mass is 14.7. The van der Waals surface area contributed by atoms with E-state index in [-0.39, 0.29) is 0 Å². The van der Waals surface area contributed by atoms with E-state index in [2.05, 4.69) is 27.7 Å². The standard InChI is InChI=1S/C16H33N/c1-5-13-8-6-9-14(12-13)15(17)10-7-11-16(2,3)4/h13-15H,5-12,17H2,1-4H3. The predicted octanol–water partition coefficient (Wildman–Crippen LogP) is 4.75. The van der Waals surface area contributed by atoms with Gasteiger partial charge in [0, 0.05) is 6.04 Å². The van der Waals surface area contributed by atoms with Crippen LogP contribution in [0.1, 0.15) is 79.1 Å². The average Bonchev–Trinajstić information content (AvgIpc) is 2.27. The zero-order valence-electron chi connectivity index (χ0n) is 12.5. The Balaban J connectivity index is 2.24. The Morgan fingerprint density at radius 3 is 2.53 bits per heavy atom. The van der Waals surface area contributed by atoms with Crippen molar-refractivity contribution in [2.24, 2.45) is 23.0 Å². The molecule has 0 radical (unpaired) electrons. The van der Waals surface area contributed by atoms with Gasteiger partial charge in [-0.15, -0.1) is 0 Å². The van der Waals surface area contributed by atoms with Crippen LogP contribution in [0.3, 0.4) is 0 Å². The minimum Gasteiger partial charge on any atom is -0.327 e. The lowest BCUT2D eigenvalue weighted by Crippen LogP contribution is -2.33. The molecule has 0 aromatic rings. The van der Waals surface area contributed by atoms with Crippen LogP contribution < -0.4 is 5.73 Å². The molecular formula is C16H33N. The molecule has 3 unspecified atom stereocenters. The van der Waals surface area contributed by atoms with Gasteiger partial charge >= 0.3 is 0 Å². The Hall–Kier alpha value is -0.0400. The van der Waals surface area contributed by atoms with Gasteiger partial charge in [0.15, 0.2) is 0 Å². The molecule has 17 heavy (non-hydrogen) atoms. The Morgan fingerprint density at radius 1 is 1.24 bits per heavy atom. The lowest BCUT2D eigenvalue weighted by Gasteiger charge is -2.33. The Morgan fingerprint density at radius 2 is 1.94 bits per heavy atom. The molecule has 0 saturated heterocycles. The minimum atomic E-state index is 0.465. The molecule has 1 aliphatic carbocycles. The highest BCUT2D eigenvalue weighted by Crippen LogP contribution is 2.34. The van der Waals surface area contributed by atoms with Gasteiger partial charge in [-0.2, -0.15) is 0 Å². The van der Waals surface area contributed by atoms with Crippen LogP contribution in [0.4, 0.5) is 0 Å². The molecule has 0 aromatic heterocycles. The van der Waals surface area contributed by atoms with Crippen LogP contribution in [0, 0.1) is 17.3 Å². The Kier molecular flexibility index (Phi) is 5.99. The molecule has 1 saturated carbocycles. The molecule has 102 valence electrons. The molecule has 1 heteroatoms. The largest absolute Gasteiger partial charge is 0.327 e. The number of rotatable bonds is 5. The first-order valence-corrected chi connectivity index (χ1v) is 7.68. The monoisotopic (exact) mass is 239 g/mol. The van der Waals surface area contributed by atoms with Crippen molar-refractivity contribution < 1.29 is 0 Å². The van der Waals surface area contributed by atoms with Gasteiger partial charge in [-0.25, -0.2) is 0 Å². The number of nitrogens with two attached hydrogens (primary N) is 1. The summed E-state index contributed by atoms with van der Waals surface area (Å²) in [5, 5.41) is 0. The highest BCUT2D eigenvalue weighted by Gasteiger charge is 2.25. The molecular weight excluding hydrogens is 206 g/mol. The molecule has 3 atom stereocenters. The molecule has 0 amide bonds. The zero-order chi connectivity index (χ0) is 12.9. The van der Waals surface area contributed by atoms with Crippen LogP contribution in [0.2, 0.25) is 0 Å². The van der Waals surface area contributed by atoms with Crippen molar-refractivity contribution in [3.05, 3.63) is 0 Å². The third-order valence-electron chi connectivity index (χ3n) is 4.47. The maximum atomic E-state index is 6.39. The van der Waals surface area contributed by atoms with Gasteiger partial charge in [0.1, 0.15) is 0 Å². The molecule has 0 aromatic carbocycles. The van der Waals surface area contributed by atoms with Crippen LogP contribution in [-0.2, 0) is 0 Å². The van der Waals surface area contributed by atoms with Gasteiger partial charge in [0.2, 0.25) is 0 Å². The fraction of sp³-hybridized carbons (Fsp3) is 1.00. The topological polar surface area (TPSA) is 26.0 Å². The SMILES string of the molecule is CCC1CCCC(C(N)CCCC(C)(C)C)C1. The molecule has 0 heterocycles. The van der Waals surface area contributed by atoms with E-state index in [1.54, 1.807) is 0 Å². The van der Waals surface area contributed by atoms with Crippen LogP contribution in [0.25, 0.3) is 0 Å². The van der Waals surface area contributed by atoms with Gasteiger partial charge in [-0.05, 0) is 42.9 Å². The molecule has 2 N–H and O–H groups in total. The van der Waals surface area contributed by atoms with E-state index in [9.17, 15) is 0 Å². The Labute approximate surface area is 109 Å². The highest BCUT2D eigenvalue weighted by molar-refractivity contribution is 4.80. The Bertz CT molecular complexity index is 204. The van der Waals surface area contributed by atoms with Crippen LogP contribution in [0.5, 0.6) is 0 Å². The lowest BCUT2D eigenvalue weighted by molar-refractivity contribution is 0.217. The maximum absolute atomic E-state index is 6.39. The van der Waals surface area contributed by atoms with E-state index in [0.717, 1.165) is 11.8 Å². The van der Waals surface area contributed by atoms with E-state index in [1.807, 2.05) is 0 Å². The van der Waals surface area contributed by atoms with E-state index in [4.69, 9.17) is 5.73 Å². The first kappa shape index (κ1) is 15.0. The zero-order valence-corrected chi connectivity index (χ0v) is 12.5. The van der Waals surface area contributed by atoms with Gasteiger partial charge < -0.3 is 5.73 Å². The second kappa shape index (κ2) is 6.78. The first-order chi connectivity index (χ1) is 7.92. The fourth-order valence-corrected chi connectivity index (χ4v) is 3.20. The van der Waals surface area contributed by atoms with Gasteiger partial charge in [0.05, 0.1) is 0 Å². The van der Waals surface area contributed by atoms with Crippen molar-refractivity contribution in [3.8, 4) is 0 Å². The quantitative estimate of drug-likeness (QED) is 0.736. The number of hydrogen-bond donors (Lipinski definition) is 1. The van der Waals surface area contributed by atoms with Crippen molar-refractivity contribution in [1.29, 1.82) is 0 Å². The summed E-state index contributed by atoms with van der Waals surface area (Å²) in [5.41, 5.74) is 6.87. The maximum Gasteiger partial charge on any atom is 0.00672 e. The summed E-state index contributed by atoms with van der Waals surface area (Å²) in [6, 6.07) is 0.465. The molecule has 1 fully saturated rings. The summed E-state index contributed by atoms with van der Waals surface area (Å²) in [6.45, 7) is 9.31. The van der Waals surface area contributed by atoms with E-state index < -0.39 is 0 Å². The molecule has 1 nitrogen and oxygen atoms in total. The van der Waals surface area contributed by atoms with E-state index in [1.165, 1.54) is 51.4 Å². The molecule has 0 spiro atoms. The minimum absolute atomic E-state index is 0.465. The third-order valence-corrected chi connectivity index (χ3v) is 4.47. The molecule has 0 aliphatic heterocycles. The number of hydrogen-bond acceptors (Lipinski definition) is 1. The summed E-state index contributed by atoms with van der Waals surface area (Å²) in [6.07, 6.45) is 10.8. The van der Waals surface area contributed by atoms with Crippen molar-refractivity contribution in [1.82, 2.24) is 0 Å². The fourth-order valence-electron chi connectivity index (χ4n) is 3.20. The normalized spacial score (nSPS) is 28.1. The third kappa shape index (κ3) is 5.90. The second-order valence-electron chi connectivity index (χ2n) is 7.32. The summed E-state index contributed by atoms with van der Waals surface area (Å²) in [7, 11) is 0. The van der Waals surface area contributed by atoms with Gasteiger partial charge in [0.25, 0.3) is 0 Å². The van der Waals surface area contributed by atoms with Gasteiger partial charge in [-0.3, -0.25) is 0 Å². The van der Waals surface area contributed by atoms with Crippen molar-refractivity contribution in [2.75, 3.05) is 0 Å². The van der Waals surface area contributed by atoms with Crippen LogP contribution in [-0.4, -0.2) is 6.04 Å². The van der Waals surface area contributed by atoms with E-state index >= 15 is 0 Å². The van der Waals surface area contributed by atoms with Crippen molar-refractivity contribution in [2.45, 2.75) is 85.1 Å². The average molecular weight is 239 g/mol. The van der Waals surface area contributed by atoms with Crippen molar-refractivity contribution in [3.63, 3.8) is 0 Å². The first-order valence-electron chi connectivity index (χ1n) is 7.68. The molecule has 0 bridgehead atoms. The summed E-state index contributed by atoms with van der Waals surface area (Å²) in [5.74, 6) is 1.77. The summed E-state index contributed by atoms with van der Waals surface area (Å²) >= 11 is 0. The lowest BCUT2D eigenvalue weighted by atomic mass is 9.75. The summed E-state index contributed by atoms with van der Waals surface area (Å²) in [4.78, 5) is 0. The smallest absolute Gasteiger partial charge is 0.00672 e. The van der Waals surface area contributed by atoms with Gasteiger partial charge in [-0.1, -0.05) is 53.4 Å². The van der Waals surface area contributed by atoms with Crippen LogP contribution >= 0.6 is 0 Å². The summed E-state index contributed by atoms with van der Waals surface area (Å²) < 4.78 is 0. The predicted molar refractivity (Wildman–Crippen MR) is 77.0 cm³/mol. The van der Waals surface area contributed by atoms with Crippen molar-refractivity contribution >= 4 is 0 Å². The van der Waals surface area contributed by atoms with Crippen LogP contribution in [0.15, 0.2) is 0 Å². The second-order valence-corrected chi connectivity index (χ2v) is 7.32. The van der Waals surface area contributed by atoms with E-state index in [0.29, 0.717) is 11.5 Å². The molecule has 1 aliphatic rings. The molecule has 1 rings (SSSR count).